The predicted octanol–water partition coefficient (Wildman–Crippen LogP) is 2.95. The number of ether oxygens (including phenoxy) is 2. The van der Waals surface area contributed by atoms with Gasteiger partial charge in [-0.25, -0.2) is 9.18 Å². The number of halogens is 1. The third-order valence-corrected chi connectivity index (χ3v) is 9.31. The van der Waals surface area contributed by atoms with Gasteiger partial charge in [0.15, 0.2) is 6.61 Å². The Morgan fingerprint density at radius 3 is 2.43 bits per heavy atom. The lowest BCUT2D eigenvalue weighted by atomic mass is 10.2. The third-order valence-electron chi connectivity index (χ3n) is 8.83. The van der Waals surface area contributed by atoms with E-state index in [1.807, 2.05) is 17.0 Å². The van der Waals surface area contributed by atoms with Crippen LogP contribution >= 0.6 is 12.2 Å². The molecule has 2 aromatic rings. The van der Waals surface area contributed by atoms with E-state index in [-0.39, 0.29) is 18.6 Å². The van der Waals surface area contributed by atoms with E-state index in [0.29, 0.717) is 62.3 Å². The Morgan fingerprint density at radius 2 is 1.75 bits per heavy atom. The summed E-state index contributed by atoms with van der Waals surface area (Å²) in [5.74, 6) is 0.628. The summed E-state index contributed by atoms with van der Waals surface area (Å²) in [6, 6.07) is 12.8. The first-order valence-corrected chi connectivity index (χ1v) is 15.9. The van der Waals surface area contributed by atoms with Gasteiger partial charge < -0.3 is 29.5 Å². The Labute approximate surface area is 263 Å². The number of likely N-dealkylation sites (N-methyl/N-ethyl adjacent to an activating group) is 1. The summed E-state index contributed by atoms with van der Waals surface area (Å²) in [4.78, 5) is 36.1. The van der Waals surface area contributed by atoms with Crippen molar-refractivity contribution in [2.75, 3.05) is 88.9 Å². The van der Waals surface area contributed by atoms with Crippen LogP contribution in [0.2, 0.25) is 0 Å². The normalized spacial score (nSPS) is 21.4. The first-order chi connectivity index (χ1) is 21.3. The molecule has 0 radical (unpaired) electrons. The molecule has 0 aromatic heterocycles. The van der Waals surface area contributed by atoms with Gasteiger partial charge in [0.1, 0.15) is 17.7 Å². The first-order valence-electron chi connectivity index (χ1n) is 15.5. The molecule has 6 rings (SSSR count). The summed E-state index contributed by atoms with van der Waals surface area (Å²) in [5, 5.41) is 3.19. The maximum atomic E-state index is 15.2. The van der Waals surface area contributed by atoms with Crippen LogP contribution < -0.4 is 19.9 Å². The number of rotatable bonds is 10. The third kappa shape index (κ3) is 7.59. The summed E-state index contributed by atoms with van der Waals surface area (Å²) in [6.45, 7) is 7.94. The number of hydrogen-bond donors (Lipinski definition) is 1. The molecule has 44 heavy (non-hydrogen) atoms. The topological polar surface area (TPSA) is 80.8 Å². The number of hydrogen-bond acceptors (Lipinski definition) is 8. The maximum absolute atomic E-state index is 15.2. The van der Waals surface area contributed by atoms with Crippen LogP contribution in [0.1, 0.15) is 18.4 Å². The number of anilines is 2. The zero-order valence-electron chi connectivity index (χ0n) is 25.3. The summed E-state index contributed by atoms with van der Waals surface area (Å²) in [7, 11) is 2.15. The summed E-state index contributed by atoms with van der Waals surface area (Å²) < 4.78 is 26.5. The number of nitrogens with zero attached hydrogens (tertiary/aromatic N) is 5. The van der Waals surface area contributed by atoms with Crippen molar-refractivity contribution in [3.05, 3.63) is 53.8 Å². The van der Waals surface area contributed by atoms with E-state index in [0.717, 1.165) is 50.6 Å². The van der Waals surface area contributed by atoms with E-state index in [4.69, 9.17) is 21.7 Å². The van der Waals surface area contributed by atoms with Gasteiger partial charge in [-0.2, -0.15) is 0 Å². The molecular formula is C32H41FN6O4S. The monoisotopic (exact) mass is 624 g/mol. The van der Waals surface area contributed by atoms with Crippen LogP contribution in [-0.2, 0) is 16.1 Å². The minimum atomic E-state index is -0.489. The van der Waals surface area contributed by atoms with Gasteiger partial charge in [-0.3, -0.25) is 14.6 Å². The van der Waals surface area contributed by atoms with Crippen molar-refractivity contribution in [1.82, 2.24) is 20.0 Å². The van der Waals surface area contributed by atoms with Crippen molar-refractivity contribution in [3.8, 4) is 5.75 Å². The molecule has 2 amide bonds. The number of thiocarbonyl (C=S) groups is 1. The Balaban J connectivity index is 0.938. The summed E-state index contributed by atoms with van der Waals surface area (Å²) in [5.41, 5.74) is 2.15. The second-order valence-corrected chi connectivity index (χ2v) is 12.6. The molecule has 1 atom stereocenters. The lowest BCUT2D eigenvalue weighted by molar-refractivity contribution is -0.133. The van der Waals surface area contributed by atoms with E-state index in [1.54, 1.807) is 17.0 Å². The van der Waals surface area contributed by atoms with Crippen LogP contribution in [0.15, 0.2) is 42.5 Å². The molecule has 2 aromatic carbocycles. The number of benzene rings is 2. The van der Waals surface area contributed by atoms with Gasteiger partial charge in [-0.1, -0.05) is 24.4 Å². The lowest BCUT2D eigenvalue weighted by Gasteiger charge is -2.36. The molecule has 1 N–H and O–H groups in total. The Bertz CT molecular complexity index is 1340. The molecule has 236 valence electrons. The number of piperazine rings is 2. The zero-order chi connectivity index (χ0) is 30.6. The van der Waals surface area contributed by atoms with Crippen molar-refractivity contribution >= 4 is 40.6 Å². The second kappa shape index (κ2) is 13.7. The fourth-order valence-electron chi connectivity index (χ4n) is 5.85. The van der Waals surface area contributed by atoms with Crippen molar-refractivity contribution in [2.24, 2.45) is 5.92 Å². The smallest absolute Gasteiger partial charge is 0.414 e. The van der Waals surface area contributed by atoms with E-state index < -0.39 is 11.9 Å². The Morgan fingerprint density at radius 1 is 1.02 bits per heavy atom. The van der Waals surface area contributed by atoms with Gasteiger partial charge in [-0.05, 0) is 55.8 Å². The second-order valence-electron chi connectivity index (χ2n) is 12.2. The van der Waals surface area contributed by atoms with Crippen LogP contribution in [0.3, 0.4) is 0 Å². The number of carbonyl (C=O) groups excluding carboxylic acids is 2. The van der Waals surface area contributed by atoms with E-state index in [9.17, 15) is 9.59 Å². The molecule has 0 spiro atoms. The van der Waals surface area contributed by atoms with Crippen LogP contribution in [0, 0.1) is 11.7 Å². The lowest BCUT2D eigenvalue weighted by Crippen LogP contribution is -2.50. The number of nitrogens with one attached hydrogen (secondary N) is 1. The van der Waals surface area contributed by atoms with Crippen molar-refractivity contribution in [1.29, 1.82) is 0 Å². The molecule has 1 aliphatic carbocycles. The molecule has 0 unspecified atom stereocenters. The molecule has 1 saturated carbocycles. The number of carbonyl (C=O) groups is 2. The average molecular weight is 625 g/mol. The molecule has 4 fully saturated rings. The molecular weight excluding hydrogens is 583 g/mol. The summed E-state index contributed by atoms with van der Waals surface area (Å²) in [6.07, 6.45) is 1.39. The molecule has 3 aliphatic heterocycles. The van der Waals surface area contributed by atoms with Gasteiger partial charge in [-0.15, -0.1) is 0 Å². The van der Waals surface area contributed by atoms with Crippen LogP contribution in [0.5, 0.6) is 5.75 Å². The minimum absolute atomic E-state index is 0.0321. The fraction of sp³-hybridized carbons (Fsp3) is 0.531. The van der Waals surface area contributed by atoms with E-state index >= 15 is 4.39 Å². The fourth-order valence-corrected chi connectivity index (χ4v) is 6.17. The Kier molecular flexibility index (Phi) is 9.48. The molecule has 12 heteroatoms. The quantitative estimate of drug-likeness (QED) is 0.402. The zero-order valence-corrected chi connectivity index (χ0v) is 26.1. The first kappa shape index (κ1) is 30.5. The van der Waals surface area contributed by atoms with Crippen LogP contribution in [0.25, 0.3) is 0 Å². The molecule has 3 saturated heterocycles. The minimum Gasteiger partial charge on any atom is -0.484 e. The van der Waals surface area contributed by atoms with E-state index in [1.165, 1.54) is 16.5 Å². The molecule has 10 nitrogen and oxygen atoms in total. The van der Waals surface area contributed by atoms with Gasteiger partial charge in [0.2, 0.25) is 0 Å². The van der Waals surface area contributed by atoms with Crippen molar-refractivity contribution in [2.45, 2.75) is 25.5 Å². The van der Waals surface area contributed by atoms with E-state index in [2.05, 4.69) is 34.3 Å². The van der Waals surface area contributed by atoms with Gasteiger partial charge in [0.05, 0.1) is 29.5 Å². The highest BCUT2D eigenvalue weighted by atomic mass is 32.1. The van der Waals surface area contributed by atoms with Crippen molar-refractivity contribution in [3.63, 3.8) is 0 Å². The predicted molar refractivity (Wildman–Crippen MR) is 171 cm³/mol. The maximum Gasteiger partial charge on any atom is 0.414 e. The van der Waals surface area contributed by atoms with Gasteiger partial charge in [0, 0.05) is 64.8 Å². The number of amides is 2. The highest BCUT2D eigenvalue weighted by molar-refractivity contribution is 7.80. The highest BCUT2D eigenvalue weighted by Gasteiger charge is 2.34. The molecule has 3 heterocycles. The van der Waals surface area contributed by atoms with Gasteiger partial charge in [0.25, 0.3) is 5.91 Å². The van der Waals surface area contributed by atoms with Crippen LogP contribution in [0.4, 0.5) is 20.6 Å². The molecule has 0 bridgehead atoms. The highest BCUT2D eigenvalue weighted by Crippen LogP contribution is 2.31. The average Bonchev–Trinajstić information content (AvgIpc) is 3.82. The number of cyclic esters (lactones) is 1. The standard InChI is InChI=1S/C32H41FN6O4S/c1-35-10-12-36(13-11-35)20-23-2-7-26(8-3-23)42-22-30(40)38-16-14-37(15-17-38)29-9-6-25(18-28(29)33)39-21-27(43-32(39)41)19-34-31(44)24-4-5-24/h2-3,6-9,18,24,27H,4-5,10-17,19-22H2,1H3,(H,34,44)/t27-/m0/s1. The SMILES string of the molecule is CN1CCN(Cc2ccc(OCC(=O)N3CCN(c4ccc(N5C[C@H](CNC(=S)C6CC6)OC5=O)cc4F)CC3)cc2)CC1. The largest absolute Gasteiger partial charge is 0.484 e. The van der Waals surface area contributed by atoms with Crippen LogP contribution in [-0.4, -0.2) is 117 Å². The molecule has 4 aliphatic rings. The van der Waals surface area contributed by atoms with Gasteiger partial charge >= 0.3 is 6.09 Å². The summed E-state index contributed by atoms with van der Waals surface area (Å²) >= 11 is 5.35. The Hall–Kier alpha value is -3.48. The van der Waals surface area contributed by atoms with Crippen molar-refractivity contribution < 1.29 is 23.5 Å².